The van der Waals surface area contributed by atoms with Crippen LogP contribution in [0.5, 0.6) is 0 Å². The summed E-state index contributed by atoms with van der Waals surface area (Å²) < 4.78 is 5.68. The molecule has 0 aromatic heterocycles. The standard InChI is InChI=1S/C19H24N2O2.ClH/c1-15(13-23-14-17-5-3-2-4-6-17)12-21-19(22)11-16-7-9-18(20)10-8-16;/h2-10,15H,11-14,20H2,1H3,(H,21,22);1H. The number of ether oxygens (including phenoxy) is 1. The number of carbonyl (C=O) groups is 1. The van der Waals surface area contributed by atoms with E-state index in [2.05, 4.69) is 12.2 Å². The van der Waals surface area contributed by atoms with E-state index in [0.717, 1.165) is 11.1 Å². The van der Waals surface area contributed by atoms with Crippen LogP contribution in [0.15, 0.2) is 54.6 Å². The zero-order chi connectivity index (χ0) is 16.5. The molecule has 0 spiro atoms. The Labute approximate surface area is 149 Å². The van der Waals surface area contributed by atoms with Crippen LogP contribution < -0.4 is 11.1 Å². The molecule has 130 valence electrons. The van der Waals surface area contributed by atoms with Crippen molar-refractivity contribution < 1.29 is 9.53 Å². The van der Waals surface area contributed by atoms with E-state index in [1.807, 2.05) is 54.6 Å². The minimum Gasteiger partial charge on any atom is -0.399 e. The predicted octanol–water partition coefficient (Wildman–Crippen LogP) is 3.20. The maximum atomic E-state index is 11.9. The second-order valence-electron chi connectivity index (χ2n) is 5.83. The minimum absolute atomic E-state index is 0. The molecule has 24 heavy (non-hydrogen) atoms. The molecule has 3 N–H and O–H groups in total. The van der Waals surface area contributed by atoms with Crippen molar-refractivity contribution in [3.8, 4) is 0 Å². The molecule has 0 heterocycles. The summed E-state index contributed by atoms with van der Waals surface area (Å²) in [6, 6.07) is 17.4. The van der Waals surface area contributed by atoms with Crippen LogP contribution in [0.1, 0.15) is 18.1 Å². The van der Waals surface area contributed by atoms with Gasteiger partial charge in [-0.05, 0) is 29.2 Å². The molecule has 1 amide bonds. The molecule has 0 aliphatic carbocycles. The van der Waals surface area contributed by atoms with Crippen LogP contribution in [0.4, 0.5) is 5.69 Å². The number of carbonyl (C=O) groups excluding carboxylic acids is 1. The molecule has 0 aliphatic heterocycles. The first kappa shape index (κ1) is 20.0. The molecular formula is C19H25ClN2O2. The maximum absolute atomic E-state index is 11.9. The normalized spacial score (nSPS) is 11.4. The number of amides is 1. The second kappa shape index (κ2) is 10.7. The summed E-state index contributed by atoms with van der Waals surface area (Å²) in [6.07, 6.45) is 0.373. The fourth-order valence-corrected chi connectivity index (χ4v) is 2.18. The summed E-state index contributed by atoms with van der Waals surface area (Å²) >= 11 is 0. The van der Waals surface area contributed by atoms with Crippen molar-refractivity contribution in [1.29, 1.82) is 0 Å². The third kappa shape index (κ3) is 7.49. The first-order chi connectivity index (χ1) is 11.1. The third-order valence-corrected chi connectivity index (χ3v) is 3.51. The molecule has 0 saturated heterocycles. The van der Waals surface area contributed by atoms with E-state index in [-0.39, 0.29) is 24.2 Å². The van der Waals surface area contributed by atoms with Crippen LogP contribution in [0, 0.1) is 5.92 Å². The Hall–Kier alpha value is -2.04. The molecule has 0 aliphatic rings. The average molecular weight is 349 g/mol. The van der Waals surface area contributed by atoms with Gasteiger partial charge in [-0.25, -0.2) is 0 Å². The summed E-state index contributed by atoms with van der Waals surface area (Å²) in [6.45, 7) is 3.90. The number of nitrogens with two attached hydrogens (primary N) is 1. The summed E-state index contributed by atoms with van der Waals surface area (Å²) in [5.41, 5.74) is 8.46. The van der Waals surface area contributed by atoms with Crippen molar-refractivity contribution in [2.24, 2.45) is 5.92 Å². The summed E-state index contributed by atoms with van der Waals surface area (Å²) in [5.74, 6) is 0.291. The molecule has 0 saturated carbocycles. The van der Waals surface area contributed by atoms with Crippen molar-refractivity contribution in [2.75, 3.05) is 18.9 Å². The fraction of sp³-hybridized carbons (Fsp3) is 0.316. The van der Waals surface area contributed by atoms with Crippen LogP contribution in [0.25, 0.3) is 0 Å². The molecule has 2 rings (SSSR count). The highest BCUT2D eigenvalue weighted by Gasteiger charge is 2.07. The Balaban J connectivity index is 0.00000288. The Morgan fingerprint density at radius 2 is 1.75 bits per heavy atom. The molecule has 0 fully saturated rings. The van der Waals surface area contributed by atoms with Gasteiger partial charge in [0.05, 0.1) is 19.6 Å². The van der Waals surface area contributed by atoms with Crippen LogP contribution in [0.3, 0.4) is 0 Å². The molecular weight excluding hydrogens is 324 g/mol. The SMILES string of the molecule is CC(CNC(=O)Cc1ccc(N)cc1)COCc1ccccc1.Cl. The van der Waals surface area contributed by atoms with Crippen LogP contribution in [0.2, 0.25) is 0 Å². The lowest BCUT2D eigenvalue weighted by molar-refractivity contribution is -0.120. The highest BCUT2D eigenvalue weighted by atomic mass is 35.5. The Kier molecular flexibility index (Phi) is 8.90. The van der Waals surface area contributed by atoms with Gasteiger partial charge in [-0.2, -0.15) is 0 Å². The molecule has 0 bridgehead atoms. The second-order valence-corrected chi connectivity index (χ2v) is 5.83. The smallest absolute Gasteiger partial charge is 0.224 e. The number of nitrogens with one attached hydrogen (secondary N) is 1. The number of hydrogen-bond donors (Lipinski definition) is 2. The summed E-state index contributed by atoms with van der Waals surface area (Å²) in [4.78, 5) is 11.9. The van der Waals surface area contributed by atoms with E-state index in [1.165, 1.54) is 0 Å². The van der Waals surface area contributed by atoms with E-state index >= 15 is 0 Å². The number of rotatable bonds is 8. The summed E-state index contributed by atoms with van der Waals surface area (Å²) in [7, 11) is 0. The van der Waals surface area contributed by atoms with Gasteiger partial charge < -0.3 is 15.8 Å². The Morgan fingerprint density at radius 1 is 1.08 bits per heavy atom. The number of nitrogen functional groups attached to an aromatic ring is 1. The van der Waals surface area contributed by atoms with Crippen LogP contribution >= 0.6 is 12.4 Å². The number of halogens is 1. The molecule has 1 atom stereocenters. The lowest BCUT2D eigenvalue weighted by atomic mass is 10.1. The quantitative estimate of drug-likeness (QED) is 0.720. The largest absolute Gasteiger partial charge is 0.399 e. The van der Waals surface area contributed by atoms with E-state index in [1.54, 1.807) is 0 Å². The molecule has 1 unspecified atom stereocenters. The number of anilines is 1. The molecule has 5 heteroatoms. The van der Waals surface area contributed by atoms with Gasteiger partial charge in [-0.1, -0.05) is 49.4 Å². The van der Waals surface area contributed by atoms with E-state index < -0.39 is 0 Å². The van der Waals surface area contributed by atoms with Gasteiger partial charge in [0, 0.05) is 12.2 Å². The van der Waals surface area contributed by atoms with Gasteiger partial charge in [0.1, 0.15) is 0 Å². The van der Waals surface area contributed by atoms with Crippen LogP contribution in [-0.4, -0.2) is 19.1 Å². The topological polar surface area (TPSA) is 64.4 Å². The van der Waals surface area contributed by atoms with Gasteiger partial charge in [0.2, 0.25) is 5.91 Å². The van der Waals surface area contributed by atoms with Gasteiger partial charge >= 0.3 is 0 Å². The predicted molar refractivity (Wildman–Crippen MR) is 100 cm³/mol. The number of hydrogen-bond acceptors (Lipinski definition) is 3. The maximum Gasteiger partial charge on any atom is 0.224 e. The van der Waals surface area contributed by atoms with E-state index in [0.29, 0.717) is 31.9 Å². The lowest BCUT2D eigenvalue weighted by Gasteiger charge is -2.13. The summed E-state index contributed by atoms with van der Waals surface area (Å²) in [5, 5.41) is 2.94. The monoisotopic (exact) mass is 348 g/mol. The minimum atomic E-state index is 0. The molecule has 2 aromatic carbocycles. The van der Waals surface area contributed by atoms with Gasteiger partial charge in [0.25, 0.3) is 0 Å². The first-order valence-corrected chi connectivity index (χ1v) is 7.86. The number of benzene rings is 2. The van der Waals surface area contributed by atoms with Gasteiger partial charge in [-0.15, -0.1) is 12.4 Å². The highest BCUT2D eigenvalue weighted by Crippen LogP contribution is 2.06. The molecule has 0 radical (unpaired) electrons. The Bertz CT molecular complexity index is 603. The van der Waals surface area contributed by atoms with Crippen molar-refractivity contribution in [3.05, 3.63) is 65.7 Å². The van der Waals surface area contributed by atoms with Gasteiger partial charge in [0.15, 0.2) is 0 Å². The van der Waals surface area contributed by atoms with Crippen LogP contribution in [-0.2, 0) is 22.6 Å². The van der Waals surface area contributed by atoms with Crippen molar-refractivity contribution >= 4 is 24.0 Å². The highest BCUT2D eigenvalue weighted by molar-refractivity contribution is 5.85. The average Bonchev–Trinajstić information content (AvgIpc) is 2.56. The van der Waals surface area contributed by atoms with Crippen molar-refractivity contribution in [1.82, 2.24) is 5.32 Å². The molecule has 2 aromatic rings. The van der Waals surface area contributed by atoms with E-state index in [9.17, 15) is 4.79 Å². The van der Waals surface area contributed by atoms with E-state index in [4.69, 9.17) is 10.5 Å². The first-order valence-electron chi connectivity index (χ1n) is 7.86. The molecule has 4 nitrogen and oxygen atoms in total. The Morgan fingerprint density at radius 3 is 2.42 bits per heavy atom. The zero-order valence-electron chi connectivity index (χ0n) is 13.9. The fourth-order valence-electron chi connectivity index (χ4n) is 2.18. The van der Waals surface area contributed by atoms with Crippen molar-refractivity contribution in [3.63, 3.8) is 0 Å². The lowest BCUT2D eigenvalue weighted by Crippen LogP contribution is -2.31. The third-order valence-electron chi connectivity index (χ3n) is 3.51. The zero-order valence-corrected chi connectivity index (χ0v) is 14.7. The van der Waals surface area contributed by atoms with Gasteiger partial charge in [-0.3, -0.25) is 4.79 Å². The van der Waals surface area contributed by atoms with Crippen molar-refractivity contribution in [2.45, 2.75) is 20.0 Å².